The summed E-state index contributed by atoms with van der Waals surface area (Å²) in [7, 11) is 0. The normalized spacial score (nSPS) is 31.9. The SMILES string of the molecule is CC(=O)N1[C@@H]2CN(C(=O)c3cn4c(C)cccc4n3)[C@@H]3CCCC[C@H]1[C@]3(C)C2. The van der Waals surface area contributed by atoms with Gasteiger partial charge in [0.05, 0.1) is 6.04 Å². The molecule has 2 aromatic heterocycles. The Morgan fingerprint density at radius 3 is 2.64 bits per heavy atom. The summed E-state index contributed by atoms with van der Waals surface area (Å²) >= 11 is 0. The number of amides is 2. The number of carbonyl (C=O) groups is 2. The Morgan fingerprint density at radius 2 is 1.93 bits per heavy atom. The summed E-state index contributed by atoms with van der Waals surface area (Å²) < 4.78 is 1.98. The molecule has 3 aliphatic rings. The Labute approximate surface area is 165 Å². The summed E-state index contributed by atoms with van der Waals surface area (Å²) in [5, 5.41) is 0. The Bertz CT molecular complexity index is 967. The van der Waals surface area contributed by atoms with Crippen molar-refractivity contribution in [3.8, 4) is 0 Å². The fourth-order valence-corrected chi connectivity index (χ4v) is 6.26. The van der Waals surface area contributed by atoms with Gasteiger partial charge in [-0.25, -0.2) is 4.98 Å². The minimum atomic E-state index is -0.0180. The van der Waals surface area contributed by atoms with Gasteiger partial charge < -0.3 is 14.2 Å². The number of carbonyl (C=O) groups excluding carboxylic acids is 2. The van der Waals surface area contributed by atoms with Crippen molar-refractivity contribution < 1.29 is 9.59 Å². The summed E-state index contributed by atoms with van der Waals surface area (Å²) in [6.45, 7) is 6.63. The van der Waals surface area contributed by atoms with Crippen LogP contribution in [0.5, 0.6) is 0 Å². The minimum absolute atomic E-state index is 0.00933. The molecule has 0 radical (unpaired) electrons. The van der Waals surface area contributed by atoms with Crippen LogP contribution in [0.15, 0.2) is 24.4 Å². The van der Waals surface area contributed by atoms with Crippen molar-refractivity contribution in [2.45, 2.75) is 71.0 Å². The van der Waals surface area contributed by atoms with Gasteiger partial charge in [-0.2, -0.15) is 0 Å². The number of nitrogens with zero attached hydrogens (tertiary/aromatic N) is 4. The van der Waals surface area contributed by atoms with E-state index >= 15 is 0 Å². The Hall–Kier alpha value is -2.37. The van der Waals surface area contributed by atoms with E-state index in [2.05, 4.69) is 16.8 Å². The second-order valence-electron chi connectivity index (χ2n) is 9.09. The first-order chi connectivity index (χ1) is 13.4. The van der Waals surface area contributed by atoms with Gasteiger partial charge in [0.2, 0.25) is 5.91 Å². The lowest BCUT2D eigenvalue weighted by atomic mass is 9.71. The van der Waals surface area contributed by atoms with E-state index in [0.29, 0.717) is 12.2 Å². The van der Waals surface area contributed by atoms with Crippen molar-refractivity contribution in [2.24, 2.45) is 5.41 Å². The van der Waals surface area contributed by atoms with E-state index in [9.17, 15) is 9.59 Å². The zero-order valence-electron chi connectivity index (χ0n) is 16.9. The molecule has 0 N–H and O–H groups in total. The molecule has 2 aliphatic heterocycles. The van der Waals surface area contributed by atoms with Gasteiger partial charge in [0, 0.05) is 42.9 Å². The maximum absolute atomic E-state index is 13.6. The lowest BCUT2D eigenvalue weighted by Crippen LogP contribution is -2.55. The minimum Gasteiger partial charge on any atom is -0.335 e. The number of aromatic nitrogens is 2. The summed E-state index contributed by atoms with van der Waals surface area (Å²) in [6.07, 6.45) is 7.19. The van der Waals surface area contributed by atoms with Crippen LogP contribution in [0.25, 0.3) is 5.65 Å². The van der Waals surface area contributed by atoms with Gasteiger partial charge in [0.15, 0.2) is 0 Å². The molecule has 28 heavy (non-hydrogen) atoms. The van der Waals surface area contributed by atoms with Gasteiger partial charge in [-0.05, 0) is 38.3 Å². The van der Waals surface area contributed by atoms with Crippen LogP contribution in [-0.4, -0.2) is 55.7 Å². The smallest absolute Gasteiger partial charge is 0.274 e. The van der Waals surface area contributed by atoms with E-state index in [0.717, 1.165) is 43.4 Å². The quantitative estimate of drug-likeness (QED) is 0.764. The van der Waals surface area contributed by atoms with E-state index in [1.54, 1.807) is 6.92 Å². The summed E-state index contributed by atoms with van der Waals surface area (Å²) in [5.41, 5.74) is 2.36. The molecular weight excluding hydrogens is 352 g/mol. The van der Waals surface area contributed by atoms with Gasteiger partial charge in [0.1, 0.15) is 11.3 Å². The standard InChI is InChI=1S/C22H28N4O2/c1-14-7-6-10-20-23-17(13-24(14)20)21(28)25-12-16-11-22(3)18(25)8-4-5-9-19(22)26(16)15(2)27/h6-7,10,13,16,18-19H,4-5,8-9,11-12H2,1-3H3/t16-,18+,19-,22+/m0/s1. The summed E-state index contributed by atoms with van der Waals surface area (Å²) in [4.78, 5) is 34.8. The van der Waals surface area contributed by atoms with Crippen LogP contribution in [0.4, 0.5) is 0 Å². The van der Waals surface area contributed by atoms with Crippen LogP contribution < -0.4 is 0 Å². The third-order valence-electron chi connectivity index (χ3n) is 7.46. The van der Waals surface area contributed by atoms with Crippen molar-refractivity contribution in [3.05, 3.63) is 35.8 Å². The molecule has 5 rings (SSSR count). The molecule has 6 nitrogen and oxygen atoms in total. The van der Waals surface area contributed by atoms with E-state index in [1.807, 2.05) is 40.6 Å². The molecule has 0 spiro atoms. The van der Waals surface area contributed by atoms with Gasteiger partial charge in [0.25, 0.3) is 5.91 Å². The molecule has 2 saturated heterocycles. The predicted molar refractivity (Wildman–Crippen MR) is 106 cm³/mol. The molecule has 4 atom stereocenters. The number of imidazole rings is 1. The van der Waals surface area contributed by atoms with E-state index in [4.69, 9.17) is 0 Å². The second kappa shape index (κ2) is 6.06. The number of piperidine rings is 1. The third kappa shape index (κ3) is 2.36. The molecule has 0 unspecified atom stereocenters. The van der Waals surface area contributed by atoms with Crippen molar-refractivity contribution in [1.29, 1.82) is 0 Å². The maximum Gasteiger partial charge on any atom is 0.274 e. The molecule has 2 amide bonds. The molecule has 3 fully saturated rings. The molecule has 6 heteroatoms. The molecule has 1 saturated carbocycles. The summed E-state index contributed by atoms with van der Waals surface area (Å²) in [5.74, 6) is 0.159. The largest absolute Gasteiger partial charge is 0.335 e. The molecular formula is C22H28N4O2. The number of fused-ring (bicyclic) bond motifs is 2. The lowest BCUT2D eigenvalue weighted by Gasteiger charge is -2.46. The highest BCUT2D eigenvalue weighted by Gasteiger charge is 2.60. The Kier molecular flexibility index (Phi) is 3.83. The van der Waals surface area contributed by atoms with E-state index in [1.165, 1.54) is 0 Å². The zero-order chi connectivity index (χ0) is 19.6. The lowest BCUT2D eigenvalue weighted by molar-refractivity contribution is -0.132. The number of hydrogen-bond donors (Lipinski definition) is 0. The highest BCUT2D eigenvalue weighted by atomic mass is 16.2. The van der Waals surface area contributed by atoms with Crippen LogP contribution in [0.1, 0.15) is 62.1 Å². The van der Waals surface area contributed by atoms with Crippen LogP contribution in [0, 0.1) is 12.3 Å². The van der Waals surface area contributed by atoms with Crippen LogP contribution in [0.2, 0.25) is 0 Å². The first-order valence-corrected chi connectivity index (χ1v) is 10.4. The number of pyridine rings is 1. The van der Waals surface area contributed by atoms with Crippen LogP contribution in [-0.2, 0) is 4.79 Å². The van der Waals surface area contributed by atoms with Crippen molar-refractivity contribution >= 4 is 17.5 Å². The number of rotatable bonds is 1. The predicted octanol–water partition coefficient (Wildman–Crippen LogP) is 3.04. The van der Waals surface area contributed by atoms with Crippen LogP contribution in [0.3, 0.4) is 0 Å². The van der Waals surface area contributed by atoms with E-state index < -0.39 is 0 Å². The van der Waals surface area contributed by atoms with Crippen molar-refractivity contribution in [1.82, 2.24) is 19.2 Å². The third-order valence-corrected chi connectivity index (χ3v) is 7.46. The Morgan fingerprint density at radius 1 is 1.18 bits per heavy atom. The molecule has 4 heterocycles. The first kappa shape index (κ1) is 17.7. The number of hydrogen-bond acceptors (Lipinski definition) is 3. The Balaban J connectivity index is 1.55. The zero-order valence-corrected chi connectivity index (χ0v) is 16.9. The molecule has 2 aromatic rings. The van der Waals surface area contributed by atoms with E-state index in [-0.39, 0.29) is 35.4 Å². The average molecular weight is 380 g/mol. The fraction of sp³-hybridized carbons (Fsp3) is 0.591. The highest BCUT2D eigenvalue weighted by molar-refractivity contribution is 5.93. The molecule has 0 aromatic carbocycles. The topological polar surface area (TPSA) is 57.9 Å². The second-order valence-corrected chi connectivity index (χ2v) is 9.09. The van der Waals surface area contributed by atoms with Crippen molar-refractivity contribution in [2.75, 3.05) is 6.54 Å². The average Bonchev–Trinajstić information content (AvgIpc) is 3.13. The van der Waals surface area contributed by atoms with Crippen molar-refractivity contribution in [3.63, 3.8) is 0 Å². The van der Waals surface area contributed by atoms with Gasteiger partial charge in [-0.15, -0.1) is 0 Å². The van der Waals surface area contributed by atoms with Gasteiger partial charge >= 0.3 is 0 Å². The number of aryl methyl sites for hydroxylation is 1. The fourth-order valence-electron chi connectivity index (χ4n) is 6.26. The number of likely N-dealkylation sites (tertiary alicyclic amines) is 2. The van der Waals surface area contributed by atoms with Gasteiger partial charge in [-0.1, -0.05) is 25.8 Å². The maximum atomic E-state index is 13.6. The summed E-state index contributed by atoms with van der Waals surface area (Å²) in [6, 6.07) is 6.48. The first-order valence-electron chi connectivity index (χ1n) is 10.4. The van der Waals surface area contributed by atoms with Gasteiger partial charge in [-0.3, -0.25) is 9.59 Å². The monoisotopic (exact) mass is 380 g/mol. The van der Waals surface area contributed by atoms with Crippen LogP contribution >= 0.6 is 0 Å². The molecule has 148 valence electrons. The molecule has 2 bridgehead atoms. The highest BCUT2D eigenvalue weighted by Crippen LogP contribution is 2.53. The molecule has 1 aliphatic carbocycles.